The summed E-state index contributed by atoms with van der Waals surface area (Å²) < 4.78 is 27.9. The Labute approximate surface area is 113 Å². The highest BCUT2D eigenvalue weighted by Crippen LogP contribution is 2.21. The normalized spacial score (nSPS) is 16.0. The third kappa shape index (κ3) is 1.98. The number of nitrogens with zero attached hydrogens (tertiary/aromatic N) is 4. The summed E-state index contributed by atoms with van der Waals surface area (Å²) in [4.78, 5) is 13.1. The molecule has 9 nitrogen and oxygen atoms in total. The quantitative estimate of drug-likeness (QED) is 0.788. The Morgan fingerprint density at radius 1 is 1.40 bits per heavy atom. The van der Waals surface area contributed by atoms with Crippen molar-refractivity contribution in [2.24, 2.45) is 0 Å². The molecule has 2 aromatic rings. The number of H-pyrrole nitrogens is 1. The molecule has 0 aromatic carbocycles. The molecule has 20 heavy (non-hydrogen) atoms. The molecule has 0 bridgehead atoms. The molecule has 0 radical (unpaired) electrons. The van der Waals surface area contributed by atoms with Crippen LogP contribution in [0.1, 0.15) is 16.3 Å². The zero-order valence-corrected chi connectivity index (χ0v) is 11.0. The van der Waals surface area contributed by atoms with Gasteiger partial charge in [-0.1, -0.05) is 0 Å². The van der Waals surface area contributed by atoms with Gasteiger partial charge in [-0.25, -0.2) is 13.2 Å². The molecule has 0 spiro atoms. The first kappa shape index (κ1) is 12.8. The lowest BCUT2D eigenvalue weighted by Gasteiger charge is -2.25. The van der Waals surface area contributed by atoms with Gasteiger partial charge in [-0.2, -0.15) is 4.31 Å². The van der Waals surface area contributed by atoms with Crippen molar-refractivity contribution in [2.75, 3.05) is 6.54 Å². The SMILES string of the molecule is O=C(O)c1cc(S(=O)(=O)N2CCn3cnnc3C2)c[nH]1. The third-order valence-electron chi connectivity index (χ3n) is 3.13. The number of carboxylic acid groups (broad SMARTS) is 1. The lowest BCUT2D eigenvalue weighted by molar-refractivity contribution is 0.0691. The molecule has 1 aliphatic heterocycles. The summed E-state index contributed by atoms with van der Waals surface area (Å²) in [6.07, 6.45) is 2.73. The Bertz CT molecular complexity index is 762. The molecule has 0 amide bonds. The van der Waals surface area contributed by atoms with Crippen LogP contribution in [-0.4, -0.2) is 50.1 Å². The lowest BCUT2D eigenvalue weighted by atomic mass is 10.4. The average Bonchev–Trinajstić information content (AvgIpc) is 3.07. The van der Waals surface area contributed by atoms with Crippen molar-refractivity contribution >= 4 is 16.0 Å². The van der Waals surface area contributed by atoms with Crippen molar-refractivity contribution in [3.05, 3.63) is 30.1 Å². The van der Waals surface area contributed by atoms with Crippen LogP contribution in [0.3, 0.4) is 0 Å². The summed E-state index contributed by atoms with van der Waals surface area (Å²) >= 11 is 0. The fourth-order valence-corrected chi connectivity index (χ4v) is 3.43. The molecular formula is C10H11N5O4S. The van der Waals surface area contributed by atoms with E-state index in [4.69, 9.17) is 5.11 Å². The van der Waals surface area contributed by atoms with Crippen molar-refractivity contribution in [3.63, 3.8) is 0 Å². The van der Waals surface area contributed by atoms with Gasteiger partial charge in [0.05, 0.1) is 6.54 Å². The summed E-state index contributed by atoms with van der Waals surface area (Å²) in [6, 6.07) is 1.11. The van der Waals surface area contributed by atoms with Crippen LogP contribution in [0, 0.1) is 0 Å². The van der Waals surface area contributed by atoms with Crippen LogP contribution in [-0.2, 0) is 23.1 Å². The summed E-state index contributed by atoms with van der Waals surface area (Å²) in [5.74, 6) is -0.640. The van der Waals surface area contributed by atoms with Crippen molar-refractivity contribution in [1.82, 2.24) is 24.1 Å². The number of hydrogen-bond donors (Lipinski definition) is 2. The molecule has 0 saturated heterocycles. The number of hydrogen-bond acceptors (Lipinski definition) is 5. The van der Waals surface area contributed by atoms with Crippen molar-refractivity contribution in [2.45, 2.75) is 18.0 Å². The van der Waals surface area contributed by atoms with Crippen LogP contribution >= 0.6 is 0 Å². The van der Waals surface area contributed by atoms with Crippen molar-refractivity contribution in [3.8, 4) is 0 Å². The van der Waals surface area contributed by atoms with E-state index in [2.05, 4.69) is 15.2 Å². The van der Waals surface area contributed by atoms with Crippen LogP contribution in [0.5, 0.6) is 0 Å². The third-order valence-corrected chi connectivity index (χ3v) is 4.95. The molecule has 0 atom stereocenters. The van der Waals surface area contributed by atoms with Gasteiger partial charge < -0.3 is 14.7 Å². The van der Waals surface area contributed by atoms with Crippen LogP contribution in [0.25, 0.3) is 0 Å². The van der Waals surface area contributed by atoms with E-state index in [1.54, 1.807) is 10.9 Å². The number of aromatic nitrogens is 4. The Balaban J connectivity index is 1.90. The summed E-state index contributed by atoms with van der Waals surface area (Å²) in [5, 5.41) is 16.4. The fourth-order valence-electron chi connectivity index (χ4n) is 2.05. The summed E-state index contributed by atoms with van der Waals surface area (Å²) in [7, 11) is -3.74. The van der Waals surface area contributed by atoms with Crippen LogP contribution in [0.4, 0.5) is 0 Å². The Hall–Kier alpha value is -2.20. The van der Waals surface area contributed by atoms with Gasteiger partial charge in [0.2, 0.25) is 10.0 Å². The predicted molar refractivity (Wildman–Crippen MR) is 65.4 cm³/mol. The Morgan fingerprint density at radius 2 is 2.20 bits per heavy atom. The highest BCUT2D eigenvalue weighted by Gasteiger charge is 2.30. The minimum atomic E-state index is -3.74. The van der Waals surface area contributed by atoms with Crippen LogP contribution in [0.15, 0.2) is 23.5 Å². The van der Waals surface area contributed by atoms with E-state index in [0.717, 1.165) is 6.07 Å². The molecule has 3 heterocycles. The first-order valence-electron chi connectivity index (χ1n) is 5.77. The Kier molecular flexibility index (Phi) is 2.83. The van der Waals surface area contributed by atoms with E-state index >= 15 is 0 Å². The zero-order valence-electron chi connectivity index (χ0n) is 10.2. The van der Waals surface area contributed by atoms with E-state index in [9.17, 15) is 13.2 Å². The summed E-state index contributed by atoms with van der Waals surface area (Å²) in [6.45, 7) is 0.884. The largest absolute Gasteiger partial charge is 0.477 e. The first-order chi connectivity index (χ1) is 9.48. The number of carboxylic acids is 1. The van der Waals surface area contributed by atoms with Gasteiger partial charge in [0.25, 0.3) is 0 Å². The number of fused-ring (bicyclic) bond motifs is 1. The maximum atomic E-state index is 12.4. The molecule has 3 rings (SSSR count). The average molecular weight is 297 g/mol. The lowest BCUT2D eigenvalue weighted by Crippen LogP contribution is -2.38. The van der Waals surface area contributed by atoms with Crippen molar-refractivity contribution in [1.29, 1.82) is 0 Å². The smallest absolute Gasteiger partial charge is 0.352 e. The maximum Gasteiger partial charge on any atom is 0.352 e. The zero-order chi connectivity index (χ0) is 14.3. The number of rotatable bonds is 3. The van der Waals surface area contributed by atoms with Gasteiger partial charge in [-0.15, -0.1) is 10.2 Å². The molecule has 0 unspecified atom stereocenters. The number of carbonyl (C=O) groups is 1. The second kappa shape index (κ2) is 4.42. The molecule has 10 heteroatoms. The van der Waals surface area contributed by atoms with Gasteiger partial charge in [0, 0.05) is 19.3 Å². The van der Waals surface area contributed by atoms with Gasteiger partial charge >= 0.3 is 5.97 Å². The molecule has 1 aliphatic rings. The van der Waals surface area contributed by atoms with E-state index in [1.807, 2.05) is 0 Å². The van der Waals surface area contributed by atoms with E-state index in [1.165, 1.54) is 10.5 Å². The van der Waals surface area contributed by atoms with E-state index in [-0.39, 0.29) is 17.1 Å². The van der Waals surface area contributed by atoms with Crippen LogP contribution in [0.2, 0.25) is 0 Å². The minimum Gasteiger partial charge on any atom is -0.477 e. The van der Waals surface area contributed by atoms with Gasteiger partial charge in [0.15, 0.2) is 0 Å². The van der Waals surface area contributed by atoms with Gasteiger partial charge in [-0.05, 0) is 6.07 Å². The second-order valence-electron chi connectivity index (χ2n) is 4.33. The minimum absolute atomic E-state index is 0.0668. The number of nitrogens with one attached hydrogen (secondary N) is 1. The Morgan fingerprint density at radius 3 is 2.90 bits per heavy atom. The number of aromatic carboxylic acids is 1. The molecule has 2 aromatic heterocycles. The van der Waals surface area contributed by atoms with Crippen LogP contribution < -0.4 is 0 Å². The highest BCUT2D eigenvalue weighted by molar-refractivity contribution is 7.89. The van der Waals surface area contributed by atoms with Gasteiger partial charge in [0.1, 0.15) is 22.7 Å². The molecule has 106 valence electrons. The number of sulfonamides is 1. The van der Waals surface area contributed by atoms with E-state index < -0.39 is 16.0 Å². The maximum absolute atomic E-state index is 12.4. The monoisotopic (exact) mass is 297 g/mol. The predicted octanol–water partition coefficient (Wildman–Crippen LogP) is -0.491. The van der Waals surface area contributed by atoms with Gasteiger partial charge in [-0.3, -0.25) is 0 Å². The van der Waals surface area contributed by atoms with E-state index in [0.29, 0.717) is 18.9 Å². The molecule has 2 N–H and O–H groups in total. The molecule has 0 fully saturated rings. The highest BCUT2D eigenvalue weighted by atomic mass is 32.2. The summed E-state index contributed by atoms with van der Waals surface area (Å²) in [5.41, 5.74) is -0.163. The molecule has 0 saturated carbocycles. The molecule has 0 aliphatic carbocycles. The fraction of sp³-hybridized carbons (Fsp3) is 0.300. The second-order valence-corrected chi connectivity index (χ2v) is 6.27. The standard InChI is InChI=1S/C10H11N5O4S/c16-10(17)8-3-7(4-11-8)20(18,19)15-2-1-14-6-12-13-9(14)5-15/h3-4,6,11H,1-2,5H2,(H,16,17). The topological polar surface area (TPSA) is 121 Å². The molecular weight excluding hydrogens is 286 g/mol. The number of aromatic amines is 1. The van der Waals surface area contributed by atoms with Crippen molar-refractivity contribution < 1.29 is 18.3 Å². The first-order valence-corrected chi connectivity index (χ1v) is 7.21.